The lowest BCUT2D eigenvalue weighted by molar-refractivity contribution is -0.118. The van der Waals surface area contributed by atoms with Crippen LogP contribution < -0.4 is 5.32 Å². The molecule has 21 heavy (non-hydrogen) atoms. The second-order valence-corrected chi connectivity index (χ2v) is 7.94. The van der Waals surface area contributed by atoms with Gasteiger partial charge in [-0.2, -0.15) is 11.8 Å². The Balaban J connectivity index is 1.52. The molecule has 0 bridgehead atoms. The van der Waals surface area contributed by atoms with E-state index >= 15 is 0 Å². The predicted molar refractivity (Wildman–Crippen MR) is 95.1 cm³/mol. The van der Waals surface area contributed by atoms with E-state index in [1.165, 1.54) is 36.8 Å². The first-order chi connectivity index (χ1) is 10.3. The van der Waals surface area contributed by atoms with Gasteiger partial charge in [-0.05, 0) is 30.9 Å². The Hall–Kier alpha value is -0.610. The van der Waals surface area contributed by atoms with Crippen LogP contribution in [0.5, 0.6) is 0 Å². The highest BCUT2D eigenvalue weighted by Gasteiger charge is 2.14. The van der Waals surface area contributed by atoms with Crippen molar-refractivity contribution in [2.45, 2.75) is 43.6 Å². The SMILES string of the molecule is Cc1ccccc1CSCC(=O)NCCSC1CCCC1. The second-order valence-electron chi connectivity index (χ2n) is 5.55. The lowest BCUT2D eigenvalue weighted by atomic mass is 10.1. The third kappa shape index (κ3) is 6.35. The summed E-state index contributed by atoms with van der Waals surface area (Å²) in [7, 11) is 0. The molecule has 1 saturated carbocycles. The van der Waals surface area contributed by atoms with Gasteiger partial charge in [0.15, 0.2) is 0 Å². The first kappa shape index (κ1) is 16.8. The summed E-state index contributed by atoms with van der Waals surface area (Å²) in [6, 6.07) is 8.37. The zero-order chi connectivity index (χ0) is 14.9. The summed E-state index contributed by atoms with van der Waals surface area (Å²) >= 11 is 3.72. The van der Waals surface area contributed by atoms with Crippen LogP contribution in [0.1, 0.15) is 36.8 Å². The van der Waals surface area contributed by atoms with Crippen LogP contribution in [0, 0.1) is 6.92 Å². The van der Waals surface area contributed by atoms with E-state index in [-0.39, 0.29) is 5.91 Å². The molecular weight excluding hydrogens is 298 g/mol. The lowest BCUT2D eigenvalue weighted by Gasteiger charge is -2.09. The number of hydrogen-bond donors (Lipinski definition) is 1. The van der Waals surface area contributed by atoms with Gasteiger partial charge in [-0.1, -0.05) is 37.1 Å². The third-order valence-corrected chi connectivity index (χ3v) is 6.20. The highest BCUT2D eigenvalue weighted by Crippen LogP contribution is 2.28. The van der Waals surface area contributed by atoms with Crippen molar-refractivity contribution in [1.82, 2.24) is 5.32 Å². The Bertz CT molecular complexity index is 444. The van der Waals surface area contributed by atoms with E-state index in [1.54, 1.807) is 11.8 Å². The standard InChI is InChI=1S/C17H25NOS2/c1-14-6-2-3-7-15(14)12-20-13-17(19)18-10-11-21-16-8-4-5-9-16/h2-3,6-7,16H,4-5,8-13H2,1H3,(H,18,19). The number of thioether (sulfide) groups is 2. The summed E-state index contributed by atoms with van der Waals surface area (Å²) in [5.74, 6) is 2.69. The Morgan fingerprint density at radius 3 is 2.81 bits per heavy atom. The van der Waals surface area contributed by atoms with Gasteiger partial charge in [0.2, 0.25) is 5.91 Å². The number of nitrogens with one attached hydrogen (secondary N) is 1. The molecule has 2 nitrogen and oxygen atoms in total. The van der Waals surface area contributed by atoms with Crippen LogP contribution in [-0.2, 0) is 10.5 Å². The molecule has 0 aliphatic heterocycles. The first-order valence-electron chi connectivity index (χ1n) is 7.76. The van der Waals surface area contributed by atoms with Crippen molar-refractivity contribution < 1.29 is 4.79 Å². The van der Waals surface area contributed by atoms with Crippen LogP contribution in [0.3, 0.4) is 0 Å². The summed E-state index contributed by atoms with van der Waals surface area (Å²) in [6.45, 7) is 2.93. The number of amides is 1. The van der Waals surface area contributed by atoms with Gasteiger partial charge in [0.05, 0.1) is 5.75 Å². The van der Waals surface area contributed by atoms with Gasteiger partial charge in [-0.15, -0.1) is 11.8 Å². The lowest BCUT2D eigenvalue weighted by Crippen LogP contribution is -2.27. The quantitative estimate of drug-likeness (QED) is 0.733. The van der Waals surface area contributed by atoms with Crippen molar-refractivity contribution >= 4 is 29.4 Å². The van der Waals surface area contributed by atoms with E-state index in [2.05, 4.69) is 36.5 Å². The number of carbonyl (C=O) groups excluding carboxylic acids is 1. The summed E-state index contributed by atoms with van der Waals surface area (Å²) < 4.78 is 0. The molecule has 1 aliphatic carbocycles. The molecule has 1 N–H and O–H groups in total. The highest BCUT2D eigenvalue weighted by molar-refractivity contribution is 8.00. The summed E-state index contributed by atoms with van der Waals surface area (Å²) in [4.78, 5) is 11.8. The van der Waals surface area contributed by atoms with Gasteiger partial charge in [0, 0.05) is 23.3 Å². The van der Waals surface area contributed by atoms with E-state index < -0.39 is 0 Å². The molecule has 0 saturated heterocycles. The fourth-order valence-corrected chi connectivity index (χ4v) is 4.70. The fraction of sp³-hybridized carbons (Fsp3) is 0.588. The minimum atomic E-state index is 0.167. The Morgan fingerprint density at radius 2 is 2.05 bits per heavy atom. The highest BCUT2D eigenvalue weighted by atomic mass is 32.2. The van der Waals surface area contributed by atoms with Gasteiger partial charge in [-0.25, -0.2) is 0 Å². The molecule has 0 heterocycles. The molecule has 116 valence electrons. The molecule has 1 aromatic rings. The molecule has 0 unspecified atom stereocenters. The van der Waals surface area contributed by atoms with Crippen molar-refractivity contribution in [3.63, 3.8) is 0 Å². The summed E-state index contributed by atoms with van der Waals surface area (Å²) in [5, 5.41) is 3.87. The van der Waals surface area contributed by atoms with Crippen molar-refractivity contribution in [2.24, 2.45) is 0 Å². The monoisotopic (exact) mass is 323 g/mol. The van der Waals surface area contributed by atoms with E-state index in [9.17, 15) is 4.79 Å². The van der Waals surface area contributed by atoms with Gasteiger partial charge in [0.25, 0.3) is 0 Å². The van der Waals surface area contributed by atoms with Gasteiger partial charge in [0.1, 0.15) is 0 Å². The Kier molecular flexibility index (Phi) is 7.51. The smallest absolute Gasteiger partial charge is 0.230 e. The van der Waals surface area contributed by atoms with E-state index in [0.29, 0.717) is 5.75 Å². The summed E-state index contributed by atoms with van der Waals surface area (Å²) in [5.41, 5.74) is 2.63. The fourth-order valence-electron chi connectivity index (χ4n) is 2.55. The molecule has 2 rings (SSSR count). The Labute approximate surface area is 136 Å². The van der Waals surface area contributed by atoms with Gasteiger partial charge >= 0.3 is 0 Å². The molecule has 1 amide bonds. The molecule has 0 spiro atoms. The maximum absolute atomic E-state index is 11.8. The molecular formula is C17H25NOS2. The average molecular weight is 324 g/mol. The molecule has 1 fully saturated rings. The molecule has 4 heteroatoms. The number of carbonyl (C=O) groups is 1. The molecule has 0 atom stereocenters. The number of aryl methyl sites for hydroxylation is 1. The van der Waals surface area contributed by atoms with E-state index in [1.807, 2.05) is 11.8 Å². The van der Waals surface area contributed by atoms with Crippen LogP contribution in [0.25, 0.3) is 0 Å². The normalized spacial score (nSPS) is 15.3. The number of hydrogen-bond acceptors (Lipinski definition) is 3. The van der Waals surface area contributed by atoms with Crippen LogP contribution in [0.15, 0.2) is 24.3 Å². The van der Waals surface area contributed by atoms with E-state index in [0.717, 1.165) is 23.3 Å². The van der Waals surface area contributed by atoms with Crippen LogP contribution in [-0.4, -0.2) is 29.2 Å². The van der Waals surface area contributed by atoms with Crippen LogP contribution in [0.4, 0.5) is 0 Å². The Morgan fingerprint density at radius 1 is 1.29 bits per heavy atom. The van der Waals surface area contributed by atoms with Crippen molar-refractivity contribution in [3.05, 3.63) is 35.4 Å². The van der Waals surface area contributed by atoms with Crippen LogP contribution in [0.2, 0.25) is 0 Å². The van der Waals surface area contributed by atoms with Gasteiger partial charge < -0.3 is 5.32 Å². The molecule has 1 aliphatic rings. The van der Waals surface area contributed by atoms with Gasteiger partial charge in [-0.3, -0.25) is 4.79 Å². The number of benzene rings is 1. The average Bonchev–Trinajstić information content (AvgIpc) is 2.99. The predicted octanol–water partition coefficient (Wildman–Crippen LogP) is 4.02. The minimum absolute atomic E-state index is 0.167. The largest absolute Gasteiger partial charge is 0.355 e. The maximum Gasteiger partial charge on any atom is 0.230 e. The second kappa shape index (κ2) is 9.42. The third-order valence-electron chi connectivity index (χ3n) is 3.83. The van der Waals surface area contributed by atoms with Crippen molar-refractivity contribution in [3.8, 4) is 0 Å². The summed E-state index contributed by atoms with van der Waals surface area (Å²) in [6.07, 6.45) is 5.51. The zero-order valence-electron chi connectivity index (χ0n) is 12.8. The first-order valence-corrected chi connectivity index (χ1v) is 9.96. The molecule has 1 aromatic carbocycles. The number of rotatable bonds is 8. The van der Waals surface area contributed by atoms with Crippen molar-refractivity contribution in [2.75, 3.05) is 18.1 Å². The molecule has 0 radical (unpaired) electrons. The van der Waals surface area contributed by atoms with Crippen molar-refractivity contribution in [1.29, 1.82) is 0 Å². The maximum atomic E-state index is 11.8. The zero-order valence-corrected chi connectivity index (χ0v) is 14.4. The van der Waals surface area contributed by atoms with E-state index in [4.69, 9.17) is 0 Å². The molecule has 0 aromatic heterocycles. The minimum Gasteiger partial charge on any atom is -0.355 e. The topological polar surface area (TPSA) is 29.1 Å². The van der Waals surface area contributed by atoms with Crippen LogP contribution >= 0.6 is 23.5 Å².